The molecule has 0 radical (unpaired) electrons. The van der Waals surface area contributed by atoms with Crippen LogP contribution in [0, 0.1) is 0 Å². The second-order valence-electron chi connectivity index (χ2n) is 4.88. The zero-order valence-corrected chi connectivity index (χ0v) is 11.6. The Kier molecular flexibility index (Phi) is 5.40. The predicted octanol–water partition coefficient (Wildman–Crippen LogP) is 3.62. The number of ketones is 1. The summed E-state index contributed by atoms with van der Waals surface area (Å²) in [6.07, 6.45) is 5.13. The molecule has 0 bridgehead atoms. The number of carbonyl (C=O) groups excluding carboxylic acids is 1. The van der Waals surface area contributed by atoms with Gasteiger partial charge in [-0.1, -0.05) is 12.1 Å². The Labute approximate surface area is 114 Å². The maximum atomic E-state index is 12.2. The van der Waals surface area contributed by atoms with Gasteiger partial charge < -0.3 is 9.47 Å². The van der Waals surface area contributed by atoms with Gasteiger partial charge in [0.15, 0.2) is 5.78 Å². The lowest BCUT2D eigenvalue weighted by Gasteiger charge is -2.10. The molecular formula is C16H22O3. The molecular weight excluding hydrogens is 240 g/mol. The molecule has 1 atom stereocenters. The number of ether oxygens (including phenoxy) is 2. The molecule has 1 fully saturated rings. The fourth-order valence-electron chi connectivity index (χ4n) is 2.48. The molecule has 0 amide bonds. The third-order valence-corrected chi connectivity index (χ3v) is 3.44. The summed E-state index contributed by atoms with van der Waals surface area (Å²) in [4.78, 5) is 12.2. The third-order valence-electron chi connectivity index (χ3n) is 3.44. The van der Waals surface area contributed by atoms with Crippen molar-refractivity contribution < 1.29 is 14.3 Å². The summed E-state index contributed by atoms with van der Waals surface area (Å²) in [5, 5.41) is 0. The van der Waals surface area contributed by atoms with E-state index >= 15 is 0 Å². The summed E-state index contributed by atoms with van der Waals surface area (Å²) >= 11 is 0. The van der Waals surface area contributed by atoms with Gasteiger partial charge in [-0.3, -0.25) is 4.79 Å². The molecule has 104 valence electrons. The van der Waals surface area contributed by atoms with Crippen molar-refractivity contribution in [2.45, 2.75) is 45.1 Å². The minimum atomic E-state index is 0.169. The van der Waals surface area contributed by atoms with Gasteiger partial charge >= 0.3 is 0 Å². The van der Waals surface area contributed by atoms with Crippen LogP contribution < -0.4 is 4.74 Å². The first kappa shape index (κ1) is 14.1. The summed E-state index contributed by atoms with van der Waals surface area (Å²) in [6, 6.07) is 7.49. The number of benzene rings is 1. The van der Waals surface area contributed by atoms with Crippen molar-refractivity contribution in [3.8, 4) is 5.75 Å². The zero-order valence-electron chi connectivity index (χ0n) is 11.6. The summed E-state index contributed by atoms with van der Waals surface area (Å²) in [5.41, 5.74) is 0.705. The first-order valence-corrected chi connectivity index (χ1v) is 7.18. The molecule has 1 saturated heterocycles. The van der Waals surface area contributed by atoms with Crippen LogP contribution in [-0.4, -0.2) is 25.1 Å². The van der Waals surface area contributed by atoms with Crippen LogP contribution in [-0.2, 0) is 4.74 Å². The standard InChI is InChI=1S/C16H22O3/c1-2-18-16-11-4-3-9-14(16)15(17)10-5-7-13-8-6-12-19-13/h3-4,9,11,13H,2,5-8,10,12H2,1H3. The van der Waals surface area contributed by atoms with E-state index in [9.17, 15) is 4.79 Å². The molecule has 1 heterocycles. The maximum Gasteiger partial charge on any atom is 0.166 e. The van der Waals surface area contributed by atoms with Crippen molar-refractivity contribution in [3.63, 3.8) is 0 Å². The lowest BCUT2D eigenvalue weighted by molar-refractivity contribution is 0.0920. The van der Waals surface area contributed by atoms with Gasteiger partial charge in [0.2, 0.25) is 0 Å². The molecule has 0 aliphatic carbocycles. The average molecular weight is 262 g/mol. The van der Waals surface area contributed by atoms with Crippen molar-refractivity contribution in [2.24, 2.45) is 0 Å². The molecule has 1 aromatic rings. The summed E-state index contributed by atoms with van der Waals surface area (Å²) in [7, 11) is 0. The van der Waals surface area contributed by atoms with Crippen molar-refractivity contribution in [3.05, 3.63) is 29.8 Å². The Morgan fingerprint density at radius 1 is 1.42 bits per heavy atom. The number of rotatable bonds is 7. The Bertz CT molecular complexity index is 408. The van der Waals surface area contributed by atoms with Gasteiger partial charge in [0.1, 0.15) is 5.75 Å². The smallest absolute Gasteiger partial charge is 0.166 e. The van der Waals surface area contributed by atoms with Crippen LogP contribution in [0.1, 0.15) is 49.4 Å². The highest BCUT2D eigenvalue weighted by Crippen LogP contribution is 2.22. The van der Waals surface area contributed by atoms with E-state index in [1.165, 1.54) is 0 Å². The lowest BCUT2D eigenvalue weighted by atomic mass is 10.0. The van der Waals surface area contributed by atoms with E-state index in [-0.39, 0.29) is 5.78 Å². The first-order chi connectivity index (χ1) is 9.31. The molecule has 0 aromatic heterocycles. The van der Waals surface area contributed by atoms with Gasteiger partial charge in [-0.15, -0.1) is 0 Å². The van der Waals surface area contributed by atoms with E-state index < -0.39 is 0 Å². The van der Waals surface area contributed by atoms with Crippen molar-refractivity contribution >= 4 is 5.78 Å². The minimum absolute atomic E-state index is 0.169. The van der Waals surface area contributed by atoms with E-state index in [0.717, 1.165) is 32.3 Å². The van der Waals surface area contributed by atoms with E-state index in [2.05, 4.69) is 0 Å². The van der Waals surface area contributed by atoms with Gasteiger partial charge in [-0.05, 0) is 44.7 Å². The summed E-state index contributed by atoms with van der Waals surface area (Å²) in [5.74, 6) is 0.870. The Hall–Kier alpha value is -1.35. The van der Waals surface area contributed by atoms with E-state index in [1.807, 2.05) is 31.2 Å². The molecule has 0 saturated carbocycles. The van der Waals surface area contributed by atoms with Crippen LogP contribution in [0.5, 0.6) is 5.75 Å². The monoisotopic (exact) mass is 262 g/mol. The second-order valence-corrected chi connectivity index (χ2v) is 4.88. The Morgan fingerprint density at radius 3 is 3.00 bits per heavy atom. The second kappa shape index (κ2) is 7.29. The molecule has 0 N–H and O–H groups in total. The highest BCUT2D eigenvalue weighted by Gasteiger charge is 2.17. The molecule has 1 aromatic carbocycles. The van der Waals surface area contributed by atoms with Gasteiger partial charge in [-0.2, -0.15) is 0 Å². The molecule has 1 aliphatic heterocycles. The molecule has 2 rings (SSSR count). The van der Waals surface area contributed by atoms with E-state index in [0.29, 0.717) is 30.4 Å². The Morgan fingerprint density at radius 2 is 2.26 bits per heavy atom. The van der Waals surface area contributed by atoms with Crippen LogP contribution >= 0.6 is 0 Å². The fourth-order valence-corrected chi connectivity index (χ4v) is 2.48. The first-order valence-electron chi connectivity index (χ1n) is 7.18. The highest BCUT2D eigenvalue weighted by atomic mass is 16.5. The van der Waals surface area contributed by atoms with Crippen LogP contribution in [0.2, 0.25) is 0 Å². The van der Waals surface area contributed by atoms with Gasteiger partial charge in [0.05, 0.1) is 18.3 Å². The van der Waals surface area contributed by atoms with Crippen LogP contribution in [0.25, 0.3) is 0 Å². The predicted molar refractivity (Wildman–Crippen MR) is 74.8 cm³/mol. The molecule has 3 nitrogen and oxygen atoms in total. The van der Waals surface area contributed by atoms with Crippen molar-refractivity contribution in [1.82, 2.24) is 0 Å². The van der Waals surface area contributed by atoms with E-state index in [4.69, 9.17) is 9.47 Å². The quantitative estimate of drug-likeness (QED) is 0.704. The molecule has 3 heteroatoms. The number of para-hydroxylation sites is 1. The largest absolute Gasteiger partial charge is 0.493 e. The minimum Gasteiger partial charge on any atom is -0.493 e. The van der Waals surface area contributed by atoms with Crippen LogP contribution in [0.4, 0.5) is 0 Å². The summed E-state index contributed by atoms with van der Waals surface area (Å²) < 4.78 is 11.1. The molecule has 1 aliphatic rings. The van der Waals surface area contributed by atoms with Crippen molar-refractivity contribution in [1.29, 1.82) is 0 Å². The van der Waals surface area contributed by atoms with Crippen LogP contribution in [0.3, 0.4) is 0 Å². The van der Waals surface area contributed by atoms with Crippen LogP contribution in [0.15, 0.2) is 24.3 Å². The highest BCUT2D eigenvalue weighted by molar-refractivity contribution is 5.98. The van der Waals surface area contributed by atoms with Gasteiger partial charge in [0, 0.05) is 13.0 Å². The lowest BCUT2D eigenvalue weighted by Crippen LogP contribution is -2.07. The number of Topliss-reactive ketones (excluding diaryl/α,β-unsaturated/α-hetero) is 1. The number of carbonyl (C=O) groups is 1. The van der Waals surface area contributed by atoms with E-state index in [1.54, 1.807) is 0 Å². The fraction of sp³-hybridized carbons (Fsp3) is 0.562. The third kappa shape index (κ3) is 4.06. The maximum absolute atomic E-state index is 12.2. The normalized spacial score (nSPS) is 18.5. The molecule has 0 spiro atoms. The number of hydrogen-bond acceptors (Lipinski definition) is 3. The average Bonchev–Trinajstić information content (AvgIpc) is 2.93. The SMILES string of the molecule is CCOc1ccccc1C(=O)CCCC1CCCO1. The molecule has 19 heavy (non-hydrogen) atoms. The van der Waals surface area contributed by atoms with Gasteiger partial charge in [0.25, 0.3) is 0 Å². The molecule has 1 unspecified atom stereocenters. The topological polar surface area (TPSA) is 35.5 Å². The van der Waals surface area contributed by atoms with Gasteiger partial charge in [-0.25, -0.2) is 0 Å². The van der Waals surface area contributed by atoms with Crippen molar-refractivity contribution in [2.75, 3.05) is 13.2 Å². The summed E-state index contributed by atoms with van der Waals surface area (Å²) in [6.45, 7) is 3.39. The Balaban J connectivity index is 1.84. The zero-order chi connectivity index (χ0) is 13.5. The number of hydrogen-bond donors (Lipinski definition) is 0.